The molecule has 0 unspecified atom stereocenters. The molecular weight excluding hydrogens is 485 g/mol. The van der Waals surface area contributed by atoms with E-state index in [1.807, 2.05) is 32.0 Å². The Hall–Kier alpha value is -4.98. The van der Waals surface area contributed by atoms with Gasteiger partial charge >= 0.3 is 5.97 Å². The minimum absolute atomic E-state index is 0.00732. The van der Waals surface area contributed by atoms with Crippen LogP contribution in [0.1, 0.15) is 32.6 Å². The van der Waals surface area contributed by atoms with Gasteiger partial charge in [0.2, 0.25) is 0 Å². The van der Waals surface area contributed by atoms with E-state index < -0.39 is 17.7 Å². The summed E-state index contributed by atoms with van der Waals surface area (Å²) in [5, 5.41) is 24.6. The first-order valence-corrected chi connectivity index (χ1v) is 11.9. The third-order valence-corrected chi connectivity index (χ3v) is 6.75. The van der Waals surface area contributed by atoms with E-state index >= 15 is 0 Å². The number of carbonyl (C=O) groups is 2. The van der Waals surface area contributed by atoms with Gasteiger partial charge in [-0.1, -0.05) is 30.3 Å². The van der Waals surface area contributed by atoms with E-state index in [1.165, 1.54) is 23.1 Å². The highest BCUT2D eigenvalue weighted by molar-refractivity contribution is 6.56. The molecule has 1 aliphatic heterocycles. The van der Waals surface area contributed by atoms with E-state index in [1.54, 1.807) is 43.3 Å². The zero-order valence-corrected chi connectivity index (χ0v) is 20.9. The number of carbonyl (C=O) groups excluding carboxylic acids is 1. The number of halogens is 1. The molecular formula is C30H24FN3O4. The largest absolute Gasteiger partial charge is 0.505 e. The standard InChI is InChI=1S/C30H24FN3O4/c1-16-10-11-21(14-17(16)2)34-25-13-12-23(31)18(3)26(25)27(29(34)36)33-32-24-9-5-8-22(28(24)35)19-6-4-7-20(15-19)30(37)38/h4-15,32,35H,1-3H3,(H,37,38). The lowest BCUT2D eigenvalue weighted by atomic mass is 10.0. The molecule has 0 bridgehead atoms. The van der Waals surface area contributed by atoms with Gasteiger partial charge in [-0.2, -0.15) is 5.10 Å². The van der Waals surface area contributed by atoms with Crippen LogP contribution in [0.25, 0.3) is 11.1 Å². The van der Waals surface area contributed by atoms with Crippen molar-refractivity contribution in [3.63, 3.8) is 0 Å². The van der Waals surface area contributed by atoms with E-state index in [-0.39, 0.29) is 28.3 Å². The molecule has 4 aromatic rings. The van der Waals surface area contributed by atoms with Crippen LogP contribution in [0.4, 0.5) is 21.5 Å². The molecule has 4 aromatic carbocycles. The number of aromatic hydroxyl groups is 1. The highest BCUT2D eigenvalue weighted by Crippen LogP contribution is 2.40. The first kappa shape index (κ1) is 24.7. The highest BCUT2D eigenvalue weighted by Gasteiger charge is 2.37. The van der Waals surface area contributed by atoms with E-state index in [4.69, 9.17) is 0 Å². The number of carboxylic acids is 1. The number of rotatable bonds is 5. The average Bonchev–Trinajstić information content (AvgIpc) is 3.19. The highest BCUT2D eigenvalue weighted by atomic mass is 19.1. The number of fused-ring (bicyclic) bond motifs is 1. The number of amides is 1. The molecule has 1 aliphatic rings. The topological polar surface area (TPSA) is 102 Å². The molecule has 38 heavy (non-hydrogen) atoms. The summed E-state index contributed by atoms with van der Waals surface area (Å²) in [5.41, 5.74) is 7.82. The number of aryl methyl sites for hydroxylation is 2. The number of phenols is 1. The molecule has 1 heterocycles. The Morgan fingerprint density at radius 3 is 2.45 bits per heavy atom. The fraction of sp³-hybridized carbons (Fsp3) is 0.100. The smallest absolute Gasteiger partial charge is 0.335 e. The number of hydrazone groups is 1. The number of phenolic OH excluding ortho intramolecular Hbond substituents is 1. The Balaban J connectivity index is 1.56. The van der Waals surface area contributed by atoms with Crippen LogP contribution in [-0.2, 0) is 4.79 Å². The first-order valence-electron chi connectivity index (χ1n) is 11.9. The summed E-state index contributed by atoms with van der Waals surface area (Å²) in [6.45, 7) is 5.52. The van der Waals surface area contributed by atoms with Crippen LogP contribution in [0.2, 0.25) is 0 Å². The summed E-state index contributed by atoms with van der Waals surface area (Å²) in [6, 6.07) is 19.6. The number of nitrogens with zero attached hydrogens (tertiary/aromatic N) is 2. The molecule has 0 aliphatic carbocycles. The van der Waals surface area contributed by atoms with Gasteiger partial charge < -0.3 is 10.2 Å². The first-order chi connectivity index (χ1) is 18.2. The summed E-state index contributed by atoms with van der Waals surface area (Å²) in [6.07, 6.45) is 0. The summed E-state index contributed by atoms with van der Waals surface area (Å²) in [4.78, 5) is 26.5. The van der Waals surface area contributed by atoms with Crippen LogP contribution in [0.15, 0.2) is 77.9 Å². The fourth-order valence-corrected chi connectivity index (χ4v) is 4.51. The van der Waals surface area contributed by atoms with Crippen molar-refractivity contribution < 1.29 is 24.2 Å². The molecule has 0 saturated carbocycles. The zero-order chi connectivity index (χ0) is 27.1. The molecule has 7 nitrogen and oxygen atoms in total. The maximum absolute atomic E-state index is 14.6. The Morgan fingerprint density at radius 2 is 1.71 bits per heavy atom. The fourth-order valence-electron chi connectivity index (χ4n) is 4.51. The van der Waals surface area contributed by atoms with Crippen LogP contribution in [0, 0.1) is 26.6 Å². The van der Waals surface area contributed by atoms with Crippen molar-refractivity contribution in [3.05, 3.63) is 106 Å². The summed E-state index contributed by atoms with van der Waals surface area (Å²) >= 11 is 0. The van der Waals surface area contributed by atoms with Crippen molar-refractivity contribution in [3.8, 4) is 16.9 Å². The number of anilines is 3. The summed E-state index contributed by atoms with van der Waals surface area (Å²) < 4.78 is 14.6. The third kappa shape index (κ3) is 4.16. The number of benzene rings is 4. The van der Waals surface area contributed by atoms with Gasteiger partial charge in [-0.3, -0.25) is 15.1 Å². The normalized spacial score (nSPS) is 13.6. The second-order valence-corrected chi connectivity index (χ2v) is 9.14. The molecule has 0 radical (unpaired) electrons. The molecule has 0 saturated heterocycles. The van der Waals surface area contributed by atoms with Crippen molar-refractivity contribution in [2.75, 3.05) is 10.3 Å². The minimum Gasteiger partial charge on any atom is -0.505 e. The maximum atomic E-state index is 14.6. The number of hydrogen-bond donors (Lipinski definition) is 3. The molecule has 8 heteroatoms. The Kier molecular flexibility index (Phi) is 6.16. The van der Waals surface area contributed by atoms with Crippen LogP contribution in [-0.4, -0.2) is 27.8 Å². The number of carboxylic acid groups (broad SMARTS) is 1. The lowest BCUT2D eigenvalue weighted by Crippen LogP contribution is -2.26. The maximum Gasteiger partial charge on any atom is 0.335 e. The Morgan fingerprint density at radius 1 is 0.947 bits per heavy atom. The quantitative estimate of drug-likeness (QED) is 0.216. The van der Waals surface area contributed by atoms with Gasteiger partial charge in [-0.05, 0) is 85.5 Å². The molecule has 0 atom stereocenters. The van der Waals surface area contributed by atoms with Crippen molar-refractivity contribution in [2.24, 2.45) is 5.10 Å². The van der Waals surface area contributed by atoms with Gasteiger partial charge in [0.1, 0.15) is 11.6 Å². The van der Waals surface area contributed by atoms with E-state index in [2.05, 4.69) is 10.5 Å². The van der Waals surface area contributed by atoms with Crippen LogP contribution in [0.5, 0.6) is 5.75 Å². The van der Waals surface area contributed by atoms with Gasteiger partial charge in [0.05, 0.1) is 16.9 Å². The van der Waals surface area contributed by atoms with E-state index in [0.717, 1.165) is 11.1 Å². The van der Waals surface area contributed by atoms with Gasteiger partial charge in [0.15, 0.2) is 5.71 Å². The van der Waals surface area contributed by atoms with Gasteiger partial charge in [0.25, 0.3) is 5.91 Å². The number of para-hydroxylation sites is 1. The number of aromatic carboxylic acids is 1. The second kappa shape index (κ2) is 9.48. The summed E-state index contributed by atoms with van der Waals surface area (Å²) in [7, 11) is 0. The zero-order valence-electron chi connectivity index (χ0n) is 20.9. The Bertz CT molecular complexity index is 1660. The van der Waals surface area contributed by atoms with Gasteiger partial charge in [-0.25, -0.2) is 9.18 Å². The van der Waals surface area contributed by atoms with Gasteiger partial charge in [-0.15, -0.1) is 0 Å². The second-order valence-electron chi connectivity index (χ2n) is 9.14. The summed E-state index contributed by atoms with van der Waals surface area (Å²) in [5.74, 6) is -2.16. The Labute approximate surface area is 218 Å². The molecule has 3 N–H and O–H groups in total. The SMILES string of the molecule is Cc1ccc(N2C(=O)C(=NNc3cccc(-c4cccc(C(=O)O)c4)c3O)c3c2ccc(F)c3C)cc1C. The molecule has 5 rings (SSSR count). The lowest BCUT2D eigenvalue weighted by molar-refractivity contribution is -0.111. The van der Waals surface area contributed by atoms with Crippen molar-refractivity contribution >= 4 is 34.7 Å². The molecule has 190 valence electrons. The van der Waals surface area contributed by atoms with Gasteiger partial charge in [0, 0.05) is 16.8 Å². The number of hydrogen-bond acceptors (Lipinski definition) is 5. The molecule has 0 spiro atoms. The predicted octanol–water partition coefficient (Wildman–Crippen LogP) is 6.32. The lowest BCUT2D eigenvalue weighted by Gasteiger charge is -2.18. The predicted molar refractivity (Wildman–Crippen MR) is 145 cm³/mol. The van der Waals surface area contributed by atoms with E-state index in [0.29, 0.717) is 28.1 Å². The third-order valence-electron chi connectivity index (χ3n) is 6.75. The average molecular weight is 510 g/mol. The van der Waals surface area contributed by atoms with E-state index in [9.17, 15) is 24.2 Å². The van der Waals surface area contributed by atoms with Crippen LogP contribution < -0.4 is 10.3 Å². The minimum atomic E-state index is -1.08. The number of nitrogens with one attached hydrogen (secondary N) is 1. The van der Waals surface area contributed by atoms with Crippen molar-refractivity contribution in [1.29, 1.82) is 0 Å². The van der Waals surface area contributed by atoms with Crippen molar-refractivity contribution in [1.82, 2.24) is 0 Å². The van der Waals surface area contributed by atoms with Crippen molar-refractivity contribution in [2.45, 2.75) is 20.8 Å². The monoisotopic (exact) mass is 509 g/mol. The van der Waals surface area contributed by atoms with Crippen LogP contribution >= 0.6 is 0 Å². The molecule has 1 amide bonds. The molecule has 0 aromatic heterocycles. The van der Waals surface area contributed by atoms with Crippen LogP contribution in [0.3, 0.4) is 0 Å². The molecule has 0 fully saturated rings.